The number of hydrogen-bond acceptors (Lipinski definition) is 1. The van der Waals surface area contributed by atoms with Gasteiger partial charge in [-0.15, -0.1) is 0 Å². The van der Waals surface area contributed by atoms with E-state index in [1.165, 1.54) is 0 Å². The van der Waals surface area contributed by atoms with Gasteiger partial charge < -0.3 is 0 Å². The minimum Gasteiger partial charge on any atom is -0.299 e. The lowest BCUT2D eigenvalue weighted by Gasteiger charge is -2.11. The van der Waals surface area contributed by atoms with Crippen LogP contribution >= 0.6 is 0 Å². The van der Waals surface area contributed by atoms with Gasteiger partial charge in [0.05, 0.1) is 0 Å². The average Bonchev–Trinajstić information content (AvgIpc) is 2.17. The second kappa shape index (κ2) is 6.06. The van der Waals surface area contributed by atoms with Crippen molar-refractivity contribution in [2.75, 3.05) is 0 Å². The van der Waals surface area contributed by atoms with Gasteiger partial charge in [0.25, 0.3) is 0 Å². The molecule has 0 saturated carbocycles. The summed E-state index contributed by atoms with van der Waals surface area (Å²) in [5.41, 5.74) is 1.11. The van der Waals surface area contributed by atoms with Gasteiger partial charge in [0.15, 0.2) is 0 Å². The van der Waals surface area contributed by atoms with Gasteiger partial charge in [-0.3, -0.25) is 4.79 Å². The van der Waals surface area contributed by atoms with Crippen LogP contribution in [0.25, 0.3) is 0 Å². The van der Waals surface area contributed by atoms with Crippen molar-refractivity contribution in [2.45, 2.75) is 57.5 Å². The molecule has 0 heterocycles. The van der Waals surface area contributed by atoms with Crippen LogP contribution in [0, 0.1) is 0 Å². The minimum atomic E-state index is -4.13. The molecular weight excluding hydrogens is 217 g/mol. The summed E-state index contributed by atoms with van der Waals surface area (Å²) in [6, 6.07) is 0. The number of Topliss-reactive ketones (excluding diaryl/α,β-unsaturated/α-hetero) is 1. The van der Waals surface area contributed by atoms with Crippen molar-refractivity contribution in [1.82, 2.24) is 0 Å². The summed E-state index contributed by atoms with van der Waals surface area (Å²) in [7, 11) is 0. The molecule has 0 fully saturated rings. The van der Waals surface area contributed by atoms with Gasteiger partial charge in [-0.1, -0.05) is 11.6 Å². The molecule has 0 aliphatic heterocycles. The molecule has 1 aliphatic rings. The molecular formula is C12H17F3O. The van der Waals surface area contributed by atoms with E-state index in [9.17, 15) is 18.0 Å². The molecule has 1 rings (SSSR count). The van der Waals surface area contributed by atoms with Gasteiger partial charge in [0.2, 0.25) is 0 Å². The molecule has 4 heteroatoms. The first-order chi connectivity index (χ1) is 7.47. The van der Waals surface area contributed by atoms with E-state index >= 15 is 0 Å². The van der Waals surface area contributed by atoms with Crippen LogP contribution in [0.3, 0.4) is 0 Å². The van der Waals surface area contributed by atoms with Gasteiger partial charge in [-0.2, -0.15) is 13.2 Å². The van der Waals surface area contributed by atoms with E-state index in [-0.39, 0.29) is 18.6 Å². The fourth-order valence-electron chi connectivity index (χ4n) is 1.89. The fraction of sp³-hybridized carbons (Fsp3) is 0.750. The van der Waals surface area contributed by atoms with E-state index in [1.807, 2.05) is 0 Å². The maximum atomic E-state index is 11.8. The van der Waals surface area contributed by atoms with Crippen molar-refractivity contribution in [3.63, 3.8) is 0 Å². The third-order valence-electron chi connectivity index (χ3n) is 2.73. The molecule has 0 aromatic heterocycles. The second-order valence-electron chi connectivity index (χ2n) is 4.29. The topological polar surface area (TPSA) is 17.1 Å². The summed E-state index contributed by atoms with van der Waals surface area (Å²) in [5.74, 6) is -0.0580. The fourth-order valence-corrected chi connectivity index (χ4v) is 1.89. The van der Waals surface area contributed by atoms with Crippen LogP contribution in [-0.2, 0) is 4.79 Å². The van der Waals surface area contributed by atoms with Crippen LogP contribution in [0.5, 0.6) is 0 Å². The number of ketones is 1. The van der Waals surface area contributed by atoms with Gasteiger partial charge in [-0.05, 0) is 32.1 Å². The summed E-state index contributed by atoms with van der Waals surface area (Å²) >= 11 is 0. The molecule has 0 unspecified atom stereocenters. The lowest BCUT2D eigenvalue weighted by molar-refractivity contribution is -0.137. The Hall–Kier alpha value is -0.800. The molecule has 0 spiro atoms. The quantitative estimate of drug-likeness (QED) is 0.652. The highest BCUT2D eigenvalue weighted by Gasteiger charge is 2.26. The number of allylic oxidation sites excluding steroid dienone is 2. The van der Waals surface area contributed by atoms with E-state index in [0.29, 0.717) is 6.42 Å². The van der Waals surface area contributed by atoms with E-state index in [0.717, 1.165) is 31.3 Å². The highest BCUT2D eigenvalue weighted by atomic mass is 19.4. The Labute approximate surface area is 93.7 Å². The van der Waals surface area contributed by atoms with Crippen LogP contribution < -0.4 is 0 Å². The van der Waals surface area contributed by atoms with Crippen LogP contribution in [0.15, 0.2) is 11.6 Å². The summed E-state index contributed by atoms with van der Waals surface area (Å²) in [6.45, 7) is 0. The highest BCUT2D eigenvalue weighted by molar-refractivity contribution is 5.80. The zero-order valence-corrected chi connectivity index (χ0v) is 9.28. The Bertz CT molecular complexity index is 266. The molecule has 0 aromatic carbocycles. The van der Waals surface area contributed by atoms with Gasteiger partial charge in [0.1, 0.15) is 5.78 Å². The Balaban J connectivity index is 2.18. The highest BCUT2D eigenvalue weighted by Crippen LogP contribution is 2.24. The van der Waals surface area contributed by atoms with Gasteiger partial charge in [0, 0.05) is 19.3 Å². The first kappa shape index (κ1) is 13.3. The lowest BCUT2D eigenvalue weighted by atomic mass is 9.94. The SMILES string of the molecule is O=C(CCCC(F)(F)F)CC1=CCCCC1. The van der Waals surface area contributed by atoms with E-state index in [2.05, 4.69) is 6.08 Å². The molecule has 92 valence electrons. The molecule has 0 saturated heterocycles. The van der Waals surface area contributed by atoms with Gasteiger partial charge >= 0.3 is 6.18 Å². The Morgan fingerprint density at radius 2 is 2.06 bits per heavy atom. The standard InChI is InChI=1S/C12H17F3O/c13-12(14,15)8-4-7-11(16)9-10-5-2-1-3-6-10/h5H,1-4,6-9H2. The number of carbonyl (C=O) groups excluding carboxylic acids is 1. The van der Waals surface area contributed by atoms with Crippen molar-refractivity contribution in [3.8, 4) is 0 Å². The number of rotatable bonds is 5. The summed E-state index contributed by atoms with van der Waals surface area (Å²) < 4.78 is 35.5. The predicted octanol–water partition coefficient (Wildman–Crippen LogP) is 4.18. The normalized spacial score (nSPS) is 17.1. The zero-order valence-electron chi connectivity index (χ0n) is 9.28. The van der Waals surface area contributed by atoms with Crippen LogP contribution in [0.4, 0.5) is 13.2 Å². The smallest absolute Gasteiger partial charge is 0.299 e. The van der Waals surface area contributed by atoms with E-state index in [4.69, 9.17) is 0 Å². The van der Waals surface area contributed by atoms with Crippen molar-refractivity contribution >= 4 is 5.78 Å². The molecule has 0 radical (unpaired) electrons. The van der Waals surface area contributed by atoms with Crippen molar-refractivity contribution in [1.29, 1.82) is 0 Å². The second-order valence-corrected chi connectivity index (χ2v) is 4.29. The van der Waals surface area contributed by atoms with Gasteiger partial charge in [-0.25, -0.2) is 0 Å². The summed E-state index contributed by atoms with van der Waals surface area (Å²) in [4.78, 5) is 11.4. The van der Waals surface area contributed by atoms with Crippen molar-refractivity contribution in [2.24, 2.45) is 0 Å². The van der Waals surface area contributed by atoms with Crippen molar-refractivity contribution < 1.29 is 18.0 Å². The number of halogens is 3. The molecule has 0 atom stereocenters. The zero-order chi connectivity index (χ0) is 12.0. The average molecular weight is 234 g/mol. The maximum Gasteiger partial charge on any atom is 0.389 e. The summed E-state index contributed by atoms with van der Waals surface area (Å²) in [5, 5.41) is 0. The minimum absolute atomic E-state index is 0.0524. The molecule has 0 N–H and O–H groups in total. The molecule has 1 nitrogen and oxygen atoms in total. The Morgan fingerprint density at radius 1 is 1.31 bits per heavy atom. The van der Waals surface area contributed by atoms with Crippen LogP contribution in [-0.4, -0.2) is 12.0 Å². The molecule has 0 bridgehead atoms. The third-order valence-corrected chi connectivity index (χ3v) is 2.73. The van der Waals surface area contributed by atoms with Crippen LogP contribution in [0.1, 0.15) is 51.4 Å². The first-order valence-corrected chi connectivity index (χ1v) is 5.74. The predicted molar refractivity (Wildman–Crippen MR) is 56.1 cm³/mol. The van der Waals surface area contributed by atoms with E-state index in [1.54, 1.807) is 0 Å². The van der Waals surface area contributed by atoms with Crippen molar-refractivity contribution in [3.05, 3.63) is 11.6 Å². The summed E-state index contributed by atoms with van der Waals surface area (Å²) in [6.07, 6.45) is 1.61. The molecule has 0 amide bonds. The number of carbonyl (C=O) groups is 1. The molecule has 0 aromatic rings. The number of alkyl halides is 3. The molecule has 1 aliphatic carbocycles. The Kier molecular flexibility index (Phi) is 5.03. The monoisotopic (exact) mass is 234 g/mol. The lowest BCUT2D eigenvalue weighted by Crippen LogP contribution is -2.09. The largest absolute Gasteiger partial charge is 0.389 e. The molecule has 16 heavy (non-hydrogen) atoms. The maximum absolute atomic E-state index is 11.8. The number of hydrogen-bond donors (Lipinski definition) is 0. The Morgan fingerprint density at radius 3 is 2.62 bits per heavy atom. The van der Waals surface area contributed by atoms with E-state index < -0.39 is 12.6 Å². The first-order valence-electron chi connectivity index (χ1n) is 5.74. The third kappa shape index (κ3) is 5.93. The van der Waals surface area contributed by atoms with Crippen LogP contribution in [0.2, 0.25) is 0 Å².